The van der Waals surface area contributed by atoms with E-state index < -0.39 is 77.3 Å². The van der Waals surface area contributed by atoms with E-state index >= 15 is 4.39 Å². The van der Waals surface area contributed by atoms with Crippen molar-refractivity contribution in [2.24, 2.45) is 11.8 Å². The first-order valence-electron chi connectivity index (χ1n) is 24.0. The Morgan fingerprint density at radius 3 is 2.36 bits per heavy atom. The maximum absolute atomic E-state index is 17.3. The van der Waals surface area contributed by atoms with Crippen molar-refractivity contribution in [1.82, 2.24) is 30.1 Å². The van der Waals surface area contributed by atoms with Crippen LogP contribution in [0.15, 0.2) is 60.8 Å². The molecule has 69 heavy (non-hydrogen) atoms. The topological polar surface area (TPSA) is 193 Å². The van der Waals surface area contributed by atoms with Gasteiger partial charge in [0, 0.05) is 67.9 Å². The molecule has 3 aromatic rings. The lowest BCUT2D eigenvalue weighted by molar-refractivity contribution is -0.295. The molecule has 3 aliphatic heterocycles. The summed E-state index contributed by atoms with van der Waals surface area (Å²) in [5.74, 6) is -3.94. The fraction of sp³-hybridized carbons (Fsp3) is 0.660. The van der Waals surface area contributed by atoms with Crippen LogP contribution in [0.3, 0.4) is 0 Å². The highest BCUT2D eigenvalue weighted by molar-refractivity contribution is 7.93. The van der Waals surface area contributed by atoms with E-state index in [9.17, 15) is 23.4 Å². The number of halogens is 2. The first kappa shape index (κ1) is 55.7. The van der Waals surface area contributed by atoms with E-state index in [2.05, 4.69) is 15.6 Å². The number of nitrogens with two attached hydrogens (primary N) is 1. The summed E-state index contributed by atoms with van der Waals surface area (Å²) in [4.78, 5) is 46.6. The zero-order valence-electron chi connectivity index (χ0n) is 42.1. The smallest absolute Gasteiger partial charge is 0.410 e. The number of rotatable bonds is 13. The molecule has 4 N–H and O–H groups in total. The van der Waals surface area contributed by atoms with Gasteiger partial charge in [-0.3, -0.25) is 14.4 Å². The van der Waals surface area contributed by atoms with E-state index in [0.717, 1.165) is 18.1 Å². The van der Waals surface area contributed by atoms with Gasteiger partial charge in [-0.25, -0.2) is 14.0 Å². The summed E-state index contributed by atoms with van der Waals surface area (Å²) < 4.78 is 60.7. The zero-order valence-corrected chi connectivity index (χ0v) is 42.9. The number of amides is 1. The number of methoxy groups -OCH3 is 1. The minimum absolute atomic E-state index is 0.144. The molecule has 0 bridgehead atoms. The number of hydrogen-bond donors (Lipinski definition) is 3. The Hall–Kier alpha value is -4.24. The number of aromatic nitrogens is 3. The van der Waals surface area contributed by atoms with Gasteiger partial charge in [0.15, 0.2) is 17.7 Å². The van der Waals surface area contributed by atoms with Crippen molar-refractivity contribution in [3.05, 3.63) is 66.4 Å². The van der Waals surface area contributed by atoms with Crippen LogP contribution in [0.5, 0.6) is 0 Å². The van der Waals surface area contributed by atoms with Crippen molar-refractivity contribution >= 4 is 35.7 Å². The van der Waals surface area contributed by atoms with Crippen molar-refractivity contribution in [3.63, 3.8) is 0 Å². The Kier molecular flexibility index (Phi) is 19.6. The number of anilines is 1. The second kappa shape index (κ2) is 24.3. The molecular weight excluding hydrogens is 913 g/mol. The number of cyclic esters (lactones) is 1. The lowest BCUT2D eigenvalue weighted by Crippen LogP contribution is -2.62. The van der Waals surface area contributed by atoms with Crippen LogP contribution in [0.1, 0.15) is 86.1 Å². The van der Waals surface area contributed by atoms with Gasteiger partial charge >= 0.3 is 12.1 Å². The standard InChI is InChI=1S/C49H72FN7O9.CH3FS/c1-11-39-49(7)41(57(46(61)66-49)23-16-15-22-56-29-37(53-54-56)34-20-17-21-35(51)26-34)36(25-33-18-13-12-14-19-33)52-28-30(2)27-47(5,62-10)43(32(4)42(59)48(6,50)45(60)64-39)65-44-40(58)38(55(8)9)24-31(3)63-44;1-3-2/h12-14,17-21,26,29-32,36,38-41,43-44,52,58H,11,15-16,22-25,27-28,51H2,1-10H3;1H3/t30-,31?,32+,36-,38?,39-,40?,41-,43-,44+,47-,48+,49-;/m1./s1. The highest BCUT2D eigenvalue weighted by Crippen LogP contribution is 2.41. The number of benzene rings is 2. The lowest BCUT2D eigenvalue weighted by Gasteiger charge is -2.47. The Morgan fingerprint density at radius 1 is 1.04 bits per heavy atom. The maximum Gasteiger partial charge on any atom is 0.410 e. The number of Topliss-reactive ketones (excluding diaryl/α,β-unsaturated/α-hetero) is 1. The first-order valence-corrected chi connectivity index (χ1v) is 25.1. The Labute approximate surface area is 410 Å². The second-order valence-corrected chi connectivity index (χ2v) is 20.0. The molecule has 6 rings (SSSR count). The monoisotopic (exact) mass is 988 g/mol. The Balaban J connectivity index is 0.00000288. The maximum atomic E-state index is 17.3. The van der Waals surface area contributed by atoms with Crippen molar-refractivity contribution in [2.75, 3.05) is 46.3 Å². The van der Waals surface area contributed by atoms with E-state index in [1.165, 1.54) is 20.3 Å². The van der Waals surface area contributed by atoms with Gasteiger partial charge < -0.3 is 44.7 Å². The van der Waals surface area contributed by atoms with Gasteiger partial charge in [0.25, 0.3) is 5.67 Å². The fourth-order valence-electron chi connectivity index (χ4n) is 10.3. The van der Waals surface area contributed by atoms with E-state index in [0.29, 0.717) is 63.1 Å². The van der Waals surface area contributed by atoms with Crippen LogP contribution < -0.4 is 11.1 Å². The van der Waals surface area contributed by atoms with Gasteiger partial charge in [-0.15, -0.1) is 5.10 Å². The Bertz CT molecular complexity index is 2140. The first-order chi connectivity index (χ1) is 32.6. The minimum atomic E-state index is -3.16. The van der Waals surface area contributed by atoms with Crippen LogP contribution in [-0.4, -0.2) is 154 Å². The SMILES string of the molecule is CC[C@H]1OC(=O)[C@@](C)(F)C(=O)[C@H](C)[C@@H](O[C@@H]2OC(C)CC(N(C)C)C2O)[C@](C)(OC)C[C@@H](C)CN[C@H](Cc2ccccc2)[C@H]2N(CCCCn3cc(-c4cccc(N)c4)nn3)C(=O)O[C@]12C.CSF. The summed E-state index contributed by atoms with van der Waals surface area (Å²) in [5, 5.41) is 24.0. The number of nitrogens with one attached hydrogen (secondary N) is 1. The number of esters is 1. The summed E-state index contributed by atoms with van der Waals surface area (Å²) in [6.07, 6.45) is 0.361. The summed E-state index contributed by atoms with van der Waals surface area (Å²) in [5.41, 5.74) is 3.26. The van der Waals surface area contributed by atoms with Gasteiger partial charge in [-0.1, -0.05) is 68.4 Å². The molecule has 19 heteroatoms. The number of likely N-dealkylation sites (N-methyl/N-ethyl adjacent to an activating group) is 1. The number of aryl methyl sites for hydroxylation is 1. The molecule has 2 aromatic carbocycles. The zero-order chi connectivity index (χ0) is 50.8. The molecule has 1 aromatic heterocycles. The van der Waals surface area contributed by atoms with Gasteiger partial charge in [0.1, 0.15) is 17.9 Å². The number of ketones is 1. The van der Waals surface area contributed by atoms with Crippen LogP contribution in [0, 0.1) is 11.8 Å². The Morgan fingerprint density at radius 2 is 1.72 bits per heavy atom. The molecule has 0 aliphatic carbocycles. The van der Waals surface area contributed by atoms with E-state index in [1.54, 1.807) is 30.4 Å². The van der Waals surface area contributed by atoms with Crippen molar-refractivity contribution in [3.8, 4) is 11.3 Å². The average molecular weight is 988 g/mol. The number of aliphatic hydroxyl groups is 1. The highest BCUT2D eigenvalue weighted by atomic mass is 32.2. The van der Waals surface area contributed by atoms with Crippen molar-refractivity contribution in [2.45, 2.75) is 159 Å². The molecule has 13 atom stereocenters. The van der Waals surface area contributed by atoms with Gasteiger partial charge in [0.05, 0.1) is 30.0 Å². The summed E-state index contributed by atoms with van der Waals surface area (Å²) in [6.45, 7) is 12.9. The van der Waals surface area contributed by atoms with E-state index in [-0.39, 0.29) is 36.6 Å². The van der Waals surface area contributed by atoms with E-state index in [4.69, 9.17) is 29.4 Å². The number of fused-ring (bicyclic) bond motifs is 1. The minimum Gasteiger partial charge on any atom is -0.455 e. The number of alkyl halides is 1. The molecule has 384 valence electrons. The molecule has 16 nitrogen and oxygen atoms in total. The summed E-state index contributed by atoms with van der Waals surface area (Å²) in [6, 6.07) is 15.8. The number of aliphatic hydroxyl groups excluding tert-OH is 1. The molecule has 3 fully saturated rings. The second-order valence-electron chi connectivity index (χ2n) is 19.7. The summed E-state index contributed by atoms with van der Waals surface area (Å²) in [7, 11) is 5.22. The van der Waals surface area contributed by atoms with Crippen LogP contribution in [-0.2, 0) is 46.2 Å². The van der Waals surface area contributed by atoms with Gasteiger partial charge in [-0.2, -0.15) is 3.89 Å². The molecule has 4 heterocycles. The third-order valence-corrected chi connectivity index (χ3v) is 14.0. The van der Waals surface area contributed by atoms with Crippen LogP contribution in [0.4, 0.5) is 18.8 Å². The number of carbonyl (C=O) groups is 3. The van der Waals surface area contributed by atoms with Crippen LogP contribution in [0.2, 0.25) is 0 Å². The number of hydrogen-bond acceptors (Lipinski definition) is 15. The lowest BCUT2D eigenvalue weighted by atomic mass is 9.78. The number of carbonyl (C=O) groups excluding carboxylic acids is 3. The highest BCUT2D eigenvalue weighted by Gasteiger charge is 2.61. The predicted octanol–water partition coefficient (Wildman–Crippen LogP) is 6.83. The molecule has 3 saturated heterocycles. The summed E-state index contributed by atoms with van der Waals surface area (Å²) >= 11 is 0.250. The number of ether oxygens (including phenoxy) is 5. The molecule has 0 spiro atoms. The molecule has 3 aliphatic rings. The molecular formula is C50H75F2N7O9S. The van der Waals surface area contributed by atoms with Crippen LogP contribution >= 0.6 is 12.1 Å². The number of nitrogen functional groups attached to an aromatic ring is 1. The molecule has 1 amide bonds. The van der Waals surface area contributed by atoms with Gasteiger partial charge in [-0.05, 0) is 110 Å². The normalized spacial score (nSPS) is 33.7. The average Bonchev–Trinajstić information content (AvgIpc) is 3.89. The predicted molar refractivity (Wildman–Crippen MR) is 261 cm³/mol. The quantitative estimate of drug-likeness (QED) is 0.0698. The molecule has 0 saturated carbocycles. The van der Waals surface area contributed by atoms with Crippen molar-refractivity contribution in [1.29, 1.82) is 0 Å². The van der Waals surface area contributed by atoms with Crippen LogP contribution in [0.25, 0.3) is 11.3 Å². The van der Waals surface area contributed by atoms with E-state index in [1.807, 2.05) is 93.6 Å². The fourth-order valence-corrected chi connectivity index (χ4v) is 10.3. The van der Waals surface area contributed by atoms with Crippen molar-refractivity contribution < 1.29 is 51.5 Å². The third-order valence-electron chi connectivity index (χ3n) is 14.0. The molecule has 0 radical (unpaired) electrons. The number of unbranched alkanes of at least 4 members (excludes halogenated alkanes) is 1. The number of nitrogens with zero attached hydrogens (tertiary/aromatic N) is 5. The third kappa shape index (κ3) is 13.2. The van der Waals surface area contributed by atoms with Gasteiger partial charge in [0.2, 0.25) is 0 Å². The molecule has 3 unspecified atom stereocenters. The largest absolute Gasteiger partial charge is 0.455 e.